The van der Waals surface area contributed by atoms with Gasteiger partial charge in [-0.2, -0.15) is 0 Å². The van der Waals surface area contributed by atoms with Crippen LogP contribution in [0.2, 0.25) is 10.2 Å². The zero-order valence-corrected chi connectivity index (χ0v) is 12.2. The fourth-order valence-electron chi connectivity index (χ4n) is 2.41. The average Bonchev–Trinajstić information content (AvgIpc) is 3.01. The Morgan fingerprint density at radius 1 is 1.24 bits per heavy atom. The van der Waals surface area contributed by atoms with Crippen molar-refractivity contribution in [2.75, 3.05) is 11.4 Å². The first kappa shape index (κ1) is 14.0. The number of hydrogen-bond acceptors (Lipinski definition) is 2. The van der Waals surface area contributed by atoms with Crippen molar-refractivity contribution in [3.63, 3.8) is 0 Å². The summed E-state index contributed by atoms with van der Waals surface area (Å²) < 4.78 is 0. The SMILES string of the molecule is O=C(O)c1ccc2c(c1)CCN2C(=O)c1cc(Cl)c(Cl)[nH]1. The van der Waals surface area contributed by atoms with Gasteiger partial charge in [0.05, 0.1) is 10.6 Å². The third kappa shape index (κ3) is 2.39. The molecule has 0 fully saturated rings. The molecule has 0 unspecified atom stereocenters. The summed E-state index contributed by atoms with van der Waals surface area (Å²) in [6, 6.07) is 6.21. The minimum Gasteiger partial charge on any atom is -0.478 e. The van der Waals surface area contributed by atoms with Crippen molar-refractivity contribution >= 4 is 40.8 Å². The van der Waals surface area contributed by atoms with E-state index in [1.165, 1.54) is 12.1 Å². The molecule has 0 bridgehead atoms. The van der Waals surface area contributed by atoms with Crippen LogP contribution in [0.25, 0.3) is 0 Å². The molecule has 7 heteroatoms. The van der Waals surface area contributed by atoms with Crippen LogP contribution in [0.5, 0.6) is 0 Å². The molecular weight excluding hydrogens is 315 g/mol. The van der Waals surface area contributed by atoms with Crippen LogP contribution in [0, 0.1) is 0 Å². The molecule has 3 rings (SSSR count). The molecule has 2 aromatic rings. The van der Waals surface area contributed by atoms with Gasteiger partial charge in [0, 0.05) is 12.2 Å². The number of aromatic carboxylic acids is 1. The van der Waals surface area contributed by atoms with E-state index in [0.717, 1.165) is 5.56 Å². The lowest BCUT2D eigenvalue weighted by Gasteiger charge is -2.16. The number of rotatable bonds is 2. The number of fused-ring (bicyclic) bond motifs is 1. The van der Waals surface area contributed by atoms with Crippen LogP contribution in [-0.2, 0) is 6.42 Å². The maximum Gasteiger partial charge on any atom is 0.335 e. The summed E-state index contributed by atoms with van der Waals surface area (Å²) in [6.07, 6.45) is 0.615. The van der Waals surface area contributed by atoms with Crippen LogP contribution in [0.3, 0.4) is 0 Å². The molecule has 2 heterocycles. The molecule has 1 aromatic heterocycles. The highest BCUT2D eigenvalue weighted by Crippen LogP contribution is 2.31. The van der Waals surface area contributed by atoms with Crippen molar-refractivity contribution in [2.45, 2.75) is 6.42 Å². The standard InChI is InChI=1S/C14H10Cl2N2O3/c15-9-6-10(17-12(9)16)13(19)18-4-3-7-5-8(14(20)21)1-2-11(7)18/h1-2,5-6,17H,3-4H2,(H,20,21). The van der Waals surface area contributed by atoms with Gasteiger partial charge in [0.15, 0.2) is 0 Å². The molecule has 0 spiro atoms. The molecule has 2 N–H and O–H groups in total. The van der Waals surface area contributed by atoms with E-state index in [9.17, 15) is 9.59 Å². The number of amides is 1. The zero-order valence-electron chi connectivity index (χ0n) is 10.7. The second kappa shape index (κ2) is 5.09. The van der Waals surface area contributed by atoms with Crippen molar-refractivity contribution < 1.29 is 14.7 Å². The molecule has 0 radical (unpaired) electrons. The molecule has 0 atom stereocenters. The van der Waals surface area contributed by atoms with Crippen molar-refractivity contribution in [3.8, 4) is 0 Å². The van der Waals surface area contributed by atoms with Crippen molar-refractivity contribution in [1.82, 2.24) is 4.98 Å². The van der Waals surface area contributed by atoms with Crippen LogP contribution in [0.1, 0.15) is 26.4 Å². The van der Waals surface area contributed by atoms with Gasteiger partial charge in [-0.3, -0.25) is 4.79 Å². The number of carbonyl (C=O) groups is 2. The average molecular weight is 325 g/mol. The van der Waals surface area contributed by atoms with Gasteiger partial charge < -0.3 is 15.0 Å². The van der Waals surface area contributed by atoms with E-state index >= 15 is 0 Å². The van der Waals surface area contributed by atoms with E-state index in [1.807, 2.05) is 0 Å². The highest BCUT2D eigenvalue weighted by molar-refractivity contribution is 6.41. The first-order chi connectivity index (χ1) is 9.97. The normalized spacial score (nSPS) is 13.3. The molecule has 1 aliphatic rings. The number of anilines is 1. The summed E-state index contributed by atoms with van der Waals surface area (Å²) in [5.41, 5.74) is 2.08. The lowest BCUT2D eigenvalue weighted by Crippen LogP contribution is -2.29. The van der Waals surface area contributed by atoms with E-state index in [1.54, 1.807) is 17.0 Å². The van der Waals surface area contributed by atoms with Gasteiger partial charge in [-0.25, -0.2) is 4.79 Å². The molecule has 0 aliphatic carbocycles. The third-order valence-electron chi connectivity index (χ3n) is 3.42. The topological polar surface area (TPSA) is 73.4 Å². The number of aromatic amines is 1. The predicted octanol–water partition coefficient (Wildman–Crippen LogP) is 3.22. The second-order valence-electron chi connectivity index (χ2n) is 4.70. The fourth-order valence-corrected chi connectivity index (χ4v) is 2.72. The Labute approximate surface area is 130 Å². The van der Waals surface area contributed by atoms with E-state index in [0.29, 0.717) is 29.4 Å². The Balaban J connectivity index is 1.93. The third-order valence-corrected chi connectivity index (χ3v) is 4.12. The Morgan fingerprint density at radius 2 is 2.00 bits per heavy atom. The first-order valence-electron chi connectivity index (χ1n) is 6.19. The number of aromatic nitrogens is 1. The fraction of sp³-hybridized carbons (Fsp3) is 0.143. The van der Waals surface area contributed by atoms with Crippen LogP contribution in [0.15, 0.2) is 24.3 Å². The first-order valence-corrected chi connectivity index (χ1v) is 6.95. The molecular formula is C14H10Cl2N2O3. The summed E-state index contributed by atoms with van der Waals surface area (Å²) in [6.45, 7) is 0.492. The minimum absolute atomic E-state index is 0.217. The lowest BCUT2D eigenvalue weighted by molar-refractivity contribution is 0.0696. The largest absolute Gasteiger partial charge is 0.478 e. The highest BCUT2D eigenvalue weighted by Gasteiger charge is 2.27. The number of benzene rings is 1. The van der Waals surface area contributed by atoms with Gasteiger partial charge in [0.1, 0.15) is 10.8 Å². The maximum atomic E-state index is 12.5. The van der Waals surface area contributed by atoms with Crippen LogP contribution < -0.4 is 4.90 Å². The summed E-state index contributed by atoms with van der Waals surface area (Å²) in [5.74, 6) is -1.23. The van der Waals surface area contributed by atoms with E-state index in [-0.39, 0.29) is 16.6 Å². The minimum atomic E-state index is -0.981. The molecule has 1 aliphatic heterocycles. The molecule has 21 heavy (non-hydrogen) atoms. The Hall–Kier alpha value is -1.98. The Kier molecular flexibility index (Phi) is 3.39. The van der Waals surface area contributed by atoms with E-state index in [4.69, 9.17) is 28.3 Å². The van der Waals surface area contributed by atoms with Gasteiger partial charge >= 0.3 is 5.97 Å². The van der Waals surface area contributed by atoms with Crippen LogP contribution in [-0.4, -0.2) is 28.5 Å². The molecule has 1 aromatic carbocycles. The zero-order chi connectivity index (χ0) is 15.1. The quantitative estimate of drug-likeness (QED) is 0.890. The predicted molar refractivity (Wildman–Crippen MR) is 79.6 cm³/mol. The lowest BCUT2D eigenvalue weighted by atomic mass is 10.1. The molecule has 0 saturated heterocycles. The number of carboxylic acid groups (broad SMARTS) is 1. The number of nitrogens with one attached hydrogen (secondary N) is 1. The van der Waals surface area contributed by atoms with Gasteiger partial charge in [-0.1, -0.05) is 23.2 Å². The Bertz CT molecular complexity index is 735. The summed E-state index contributed by atoms with van der Waals surface area (Å²) in [4.78, 5) is 27.7. The second-order valence-corrected chi connectivity index (χ2v) is 5.49. The van der Waals surface area contributed by atoms with Crippen molar-refractivity contribution in [1.29, 1.82) is 0 Å². The van der Waals surface area contributed by atoms with Gasteiger partial charge in [-0.05, 0) is 36.2 Å². The molecule has 108 valence electrons. The monoisotopic (exact) mass is 324 g/mol. The van der Waals surface area contributed by atoms with Gasteiger partial charge in [0.25, 0.3) is 5.91 Å². The molecule has 5 nitrogen and oxygen atoms in total. The van der Waals surface area contributed by atoms with E-state index < -0.39 is 5.97 Å². The molecule has 0 saturated carbocycles. The van der Waals surface area contributed by atoms with Crippen LogP contribution >= 0.6 is 23.2 Å². The number of carbonyl (C=O) groups excluding carboxylic acids is 1. The maximum absolute atomic E-state index is 12.5. The van der Waals surface area contributed by atoms with E-state index in [2.05, 4.69) is 4.98 Å². The van der Waals surface area contributed by atoms with Crippen molar-refractivity contribution in [2.24, 2.45) is 0 Å². The van der Waals surface area contributed by atoms with Crippen molar-refractivity contribution in [3.05, 3.63) is 51.3 Å². The van der Waals surface area contributed by atoms with Gasteiger partial charge in [-0.15, -0.1) is 0 Å². The smallest absolute Gasteiger partial charge is 0.335 e. The van der Waals surface area contributed by atoms with Crippen LogP contribution in [0.4, 0.5) is 5.69 Å². The number of H-pyrrole nitrogens is 1. The number of halogens is 2. The summed E-state index contributed by atoms with van der Waals surface area (Å²) >= 11 is 11.6. The summed E-state index contributed by atoms with van der Waals surface area (Å²) in [5, 5.41) is 9.50. The number of nitrogens with zero attached hydrogens (tertiary/aromatic N) is 1. The molecule has 1 amide bonds. The highest BCUT2D eigenvalue weighted by atomic mass is 35.5. The number of carboxylic acids is 1. The van der Waals surface area contributed by atoms with Gasteiger partial charge in [0.2, 0.25) is 0 Å². The number of hydrogen-bond donors (Lipinski definition) is 2. The Morgan fingerprint density at radius 3 is 2.62 bits per heavy atom. The summed E-state index contributed by atoms with van der Waals surface area (Å²) in [7, 11) is 0.